The second-order valence-electron chi connectivity index (χ2n) is 2.88. The van der Waals surface area contributed by atoms with Gasteiger partial charge in [-0.25, -0.2) is 4.79 Å². The highest BCUT2D eigenvalue weighted by Gasteiger charge is 2.03. The molecule has 0 unspecified atom stereocenters. The number of amides is 2. The number of hydrogen-bond acceptors (Lipinski definition) is 3. The van der Waals surface area contributed by atoms with Crippen molar-refractivity contribution in [3.63, 3.8) is 0 Å². The molecule has 0 fully saturated rings. The summed E-state index contributed by atoms with van der Waals surface area (Å²) in [5.74, 6) is -0.425. The minimum atomic E-state index is -0.569. The maximum atomic E-state index is 11.0. The van der Waals surface area contributed by atoms with Crippen LogP contribution in [0.4, 0.5) is 16.2 Å². The number of halogens is 1. The molecule has 0 aliphatic carbocycles. The predicted octanol–water partition coefficient (Wildman–Crippen LogP) is 2.04. The zero-order valence-corrected chi connectivity index (χ0v) is 9.38. The van der Waals surface area contributed by atoms with Crippen molar-refractivity contribution >= 4 is 35.0 Å². The molecule has 0 aliphatic rings. The van der Waals surface area contributed by atoms with Gasteiger partial charge in [0.1, 0.15) is 5.88 Å². The molecule has 1 rings (SSSR count). The van der Waals surface area contributed by atoms with Crippen molar-refractivity contribution < 1.29 is 14.3 Å². The van der Waals surface area contributed by atoms with Crippen molar-refractivity contribution in [2.75, 3.05) is 23.6 Å². The molecule has 0 atom stereocenters. The van der Waals surface area contributed by atoms with Crippen LogP contribution in [0.5, 0.6) is 0 Å². The average Bonchev–Trinajstić information content (AvgIpc) is 2.29. The molecule has 0 saturated heterocycles. The molecule has 0 saturated carbocycles. The fourth-order valence-corrected chi connectivity index (χ4v) is 1.10. The molecule has 86 valence electrons. The molecular weight excluding hydrogens is 232 g/mol. The summed E-state index contributed by atoms with van der Waals surface area (Å²) in [6.45, 7) is 0. The number of methoxy groups -OCH3 is 1. The number of benzene rings is 1. The van der Waals surface area contributed by atoms with Gasteiger partial charge in [-0.1, -0.05) is 6.07 Å². The second-order valence-corrected chi connectivity index (χ2v) is 3.15. The summed E-state index contributed by atoms with van der Waals surface area (Å²) in [7, 11) is 1.27. The van der Waals surface area contributed by atoms with Crippen LogP contribution in [0.15, 0.2) is 24.3 Å². The average molecular weight is 243 g/mol. The maximum absolute atomic E-state index is 11.0. The molecule has 16 heavy (non-hydrogen) atoms. The summed E-state index contributed by atoms with van der Waals surface area (Å²) < 4.78 is 4.44. The lowest BCUT2D eigenvalue weighted by Crippen LogP contribution is -2.14. The van der Waals surface area contributed by atoms with Crippen LogP contribution in [0, 0.1) is 0 Å². The van der Waals surface area contributed by atoms with Gasteiger partial charge in [-0.15, -0.1) is 11.6 Å². The van der Waals surface area contributed by atoms with Crippen LogP contribution < -0.4 is 10.6 Å². The van der Waals surface area contributed by atoms with E-state index in [2.05, 4.69) is 15.4 Å². The van der Waals surface area contributed by atoms with E-state index < -0.39 is 6.09 Å². The molecule has 1 aromatic rings. The highest BCUT2D eigenvalue weighted by Crippen LogP contribution is 2.15. The van der Waals surface area contributed by atoms with E-state index in [-0.39, 0.29) is 11.8 Å². The molecule has 5 nitrogen and oxygen atoms in total. The second kappa shape index (κ2) is 5.97. The first-order chi connectivity index (χ1) is 7.65. The Labute approximate surface area is 97.7 Å². The van der Waals surface area contributed by atoms with Gasteiger partial charge in [0.2, 0.25) is 5.91 Å². The van der Waals surface area contributed by atoms with Crippen LogP contribution >= 0.6 is 11.6 Å². The Morgan fingerprint density at radius 1 is 1.31 bits per heavy atom. The molecule has 2 N–H and O–H groups in total. The molecule has 1 aromatic carbocycles. The van der Waals surface area contributed by atoms with Crippen LogP contribution in [0.25, 0.3) is 0 Å². The molecule has 0 bridgehead atoms. The van der Waals surface area contributed by atoms with Gasteiger partial charge in [-0.05, 0) is 18.2 Å². The van der Waals surface area contributed by atoms with Crippen LogP contribution in [0.2, 0.25) is 0 Å². The van der Waals surface area contributed by atoms with Crippen LogP contribution in [0.1, 0.15) is 0 Å². The Morgan fingerprint density at radius 3 is 2.50 bits per heavy atom. The van der Waals surface area contributed by atoms with Gasteiger partial charge in [0.05, 0.1) is 7.11 Å². The van der Waals surface area contributed by atoms with Crippen molar-refractivity contribution in [1.29, 1.82) is 0 Å². The number of hydrogen-bond donors (Lipinski definition) is 2. The minimum absolute atomic E-state index is 0.116. The van der Waals surface area contributed by atoms with E-state index in [0.29, 0.717) is 11.4 Å². The molecule has 0 heterocycles. The third-order valence-corrected chi connectivity index (χ3v) is 1.94. The van der Waals surface area contributed by atoms with Crippen molar-refractivity contribution in [3.05, 3.63) is 24.3 Å². The Morgan fingerprint density at radius 2 is 1.94 bits per heavy atom. The summed E-state index contributed by atoms with van der Waals surface area (Å²) in [6, 6.07) is 6.65. The van der Waals surface area contributed by atoms with Crippen molar-refractivity contribution in [1.82, 2.24) is 0 Å². The zero-order valence-electron chi connectivity index (χ0n) is 8.62. The molecule has 0 radical (unpaired) electrons. The van der Waals surface area contributed by atoms with Crippen LogP contribution in [-0.4, -0.2) is 25.0 Å². The first kappa shape index (κ1) is 12.3. The van der Waals surface area contributed by atoms with Gasteiger partial charge >= 0.3 is 6.09 Å². The van der Waals surface area contributed by atoms with Gasteiger partial charge in [0, 0.05) is 11.4 Å². The zero-order chi connectivity index (χ0) is 12.0. The Hall–Kier alpha value is -1.75. The Bertz CT molecular complexity index is 362. The monoisotopic (exact) mass is 242 g/mol. The van der Waals surface area contributed by atoms with E-state index in [4.69, 9.17) is 11.6 Å². The number of carbonyl (C=O) groups is 2. The van der Waals surface area contributed by atoms with E-state index >= 15 is 0 Å². The molecule has 0 aliphatic heterocycles. The molecular formula is C10H11ClN2O3. The van der Waals surface area contributed by atoms with Gasteiger partial charge in [-0.2, -0.15) is 0 Å². The number of carbonyl (C=O) groups excluding carboxylic acids is 2. The summed E-state index contributed by atoms with van der Waals surface area (Å²) in [6.07, 6.45) is -0.569. The fourth-order valence-electron chi connectivity index (χ4n) is 1.04. The predicted molar refractivity (Wildman–Crippen MR) is 61.8 cm³/mol. The molecule has 0 aromatic heterocycles. The fraction of sp³-hybridized carbons (Fsp3) is 0.200. The summed E-state index contributed by atoms with van der Waals surface area (Å²) in [5.41, 5.74) is 1.08. The number of alkyl halides is 1. The molecule has 2 amide bonds. The third-order valence-electron chi connectivity index (χ3n) is 1.70. The molecule has 0 spiro atoms. The highest BCUT2D eigenvalue weighted by atomic mass is 35.5. The van der Waals surface area contributed by atoms with Gasteiger partial charge < -0.3 is 10.1 Å². The number of ether oxygens (including phenoxy) is 1. The van der Waals surface area contributed by atoms with E-state index in [9.17, 15) is 9.59 Å². The van der Waals surface area contributed by atoms with Gasteiger partial charge in [0.25, 0.3) is 0 Å². The van der Waals surface area contributed by atoms with E-state index in [1.54, 1.807) is 24.3 Å². The topological polar surface area (TPSA) is 67.4 Å². The normalized spacial score (nSPS) is 9.38. The van der Waals surface area contributed by atoms with E-state index in [1.807, 2.05) is 0 Å². The van der Waals surface area contributed by atoms with Gasteiger partial charge in [0.15, 0.2) is 0 Å². The lowest BCUT2D eigenvalue weighted by molar-refractivity contribution is -0.113. The molecule has 6 heteroatoms. The van der Waals surface area contributed by atoms with Crippen molar-refractivity contribution in [2.24, 2.45) is 0 Å². The Kier molecular flexibility index (Phi) is 4.60. The van der Waals surface area contributed by atoms with Crippen LogP contribution in [0.3, 0.4) is 0 Å². The first-order valence-electron chi connectivity index (χ1n) is 4.46. The Balaban J connectivity index is 2.71. The quantitative estimate of drug-likeness (QED) is 0.797. The SMILES string of the molecule is COC(=O)Nc1cccc(NC(=O)CCl)c1. The lowest BCUT2D eigenvalue weighted by atomic mass is 10.3. The lowest BCUT2D eigenvalue weighted by Gasteiger charge is -2.06. The first-order valence-corrected chi connectivity index (χ1v) is 5.00. The summed E-state index contributed by atoms with van der Waals surface area (Å²) in [4.78, 5) is 21.9. The van der Waals surface area contributed by atoms with Gasteiger partial charge in [-0.3, -0.25) is 10.1 Å². The summed E-state index contributed by atoms with van der Waals surface area (Å²) in [5, 5.41) is 5.04. The third kappa shape index (κ3) is 3.78. The highest BCUT2D eigenvalue weighted by molar-refractivity contribution is 6.29. The standard InChI is InChI=1S/C10H11ClN2O3/c1-16-10(15)13-8-4-2-3-7(5-8)12-9(14)6-11/h2-5H,6H2,1H3,(H,12,14)(H,13,15). The van der Waals surface area contributed by atoms with Crippen molar-refractivity contribution in [3.8, 4) is 0 Å². The maximum Gasteiger partial charge on any atom is 0.411 e. The van der Waals surface area contributed by atoms with Crippen molar-refractivity contribution in [2.45, 2.75) is 0 Å². The van der Waals surface area contributed by atoms with E-state index in [1.165, 1.54) is 7.11 Å². The van der Waals surface area contributed by atoms with Crippen LogP contribution in [-0.2, 0) is 9.53 Å². The summed E-state index contributed by atoms with van der Waals surface area (Å²) >= 11 is 5.35. The number of anilines is 2. The number of rotatable bonds is 3. The largest absolute Gasteiger partial charge is 0.453 e. The smallest absolute Gasteiger partial charge is 0.411 e. The minimum Gasteiger partial charge on any atom is -0.453 e. The van der Waals surface area contributed by atoms with E-state index in [0.717, 1.165) is 0 Å². The number of nitrogens with one attached hydrogen (secondary N) is 2.